The van der Waals surface area contributed by atoms with Gasteiger partial charge in [-0.05, 0) is 24.1 Å². The minimum absolute atomic E-state index is 0.106. The summed E-state index contributed by atoms with van der Waals surface area (Å²) in [6.07, 6.45) is 0. The van der Waals surface area contributed by atoms with E-state index in [0.29, 0.717) is 19.8 Å². The SMILES string of the molecule is COc1ccc(CN2C[C@@H]3COC[C@]3(C(=O)O)C2)cc1C. The molecule has 0 aromatic heterocycles. The first kappa shape index (κ1) is 14.4. The summed E-state index contributed by atoms with van der Waals surface area (Å²) in [5, 5.41) is 9.55. The van der Waals surface area contributed by atoms with Gasteiger partial charge in [0.25, 0.3) is 0 Å². The second kappa shape index (κ2) is 5.31. The van der Waals surface area contributed by atoms with Crippen LogP contribution in [0.5, 0.6) is 5.75 Å². The van der Waals surface area contributed by atoms with E-state index in [1.807, 2.05) is 19.1 Å². The zero-order chi connectivity index (χ0) is 15.0. The molecule has 0 unspecified atom stereocenters. The summed E-state index contributed by atoms with van der Waals surface area (Å²) in [6.45, 7) is 5.05. The highest BCUT2D eigenvalue weighted by Gasteiger charge is 2.55. The number of ether oxygens (including phenoxy) is 2. The van der Waals surface area contributed by atoms with Crippen molar-refractivity contribution in [2.45, 2.75) is 13.5 Å². The van der Waals surface area contributed by atoms with Crippen LogP contribution in [0, 0.1) is 18.3 Å². The van der Waals surface area contributed by atoms with Gasteiger partial charge in [-0.2, -0.15) is 0 Å². The van der Waals surface area contributed by atoms with Gasteiger partial charge in [0.15, 0.2) is 0 Å². The molecule has 3 rings (SSSR count). The van der Waals surface area contributed by atoms with Gasteiger partial charge in [0.2, 0.25) is 0 Å². The third-order valence-corrected chi connectivity index (χ3v) is 4.74. The summed E-state index contributed by atoms with van der Waals surface area (Å²) >= 11 is 0. The topological polar surface area (TPSA) is 59.0 Å². The van der Waals surface area contributed by atoms with E-state index < -0.39 is 11.4 Å². The minimum Gasteiger partial charge on any atom is -0.496 e. The molecule has 2 saturated heterocycles. The average molecular weight is 291 g/mol. The van der Waals surface area contributed by atoms with Crippen LogP contribution in [0.25, 0.3) is 0 Å². The first-order valence-electron chi connectivity index (χ1n) is 7.22. The highest BCUT2D eigenvalue weighted by Crippen LogP contribution is 2.42. The molecule has 0 amide bonds. The van der Waals surface area contributed by atoms with Crippen molar-refractivity contribution in [2.75, 3.05) is 33.4 Å². The Bertz CT molecular complexity index is 559. The van der Waals surface area contributed by atoms with Crippen LogP contribution >= 0.6 is 0 Å². The summed E-state index contributed by atoms with van der Waals surface area (Å²) in [4.78, 5) is 13.8. The number of likely N-dealkylation sites (tertiary alicyclic amines) is 1. The first-order chi connectivity index (χ1) is 10.0. The predicted octanol–water partition coefficient (Wildman–Crippen LogP) is 1.54. The van der Waals surface area contributed by atoms with Gasteiger partial charge in [-0.3, -0.25) is 9.69 Å². The maximum atomic E-state index is 11.6. The van der Waals surface area contributed by atoms with E-state index in [4.69, 9.17) is 9.47 Å². The number of nitrogens with zero attached hydrogens (tertiary/aromatic N) is 1. The van der Waals surface area contributed by atoms with Crippen LogP contribution < -0.4 is 4.74 Å². The fourth-order valence-corrected chi connectivity index (χ4v) is 3.56. The lowest BCUT2D eigenvalue weighted by Crippen LogP contribution is -2.38. The Morgan fingerprint density at radius 1 is 1.57 bits per heavy atom. The summed E-state index contributed by atoms with van der Waals surface area (Å²) in [7, 11) is 1.67. The van der Waals surface area contributed by atoms with Crippen molar-refractivity contribution in [1.82, 2.24) is 4.90 Å². The summed E-state index contributed by atoms with van der Waals surface area (Å²) in [6, 6.07) is 6.12. The Morgan fingerprint density at radius 2 is 2.38 bits per heavy atom. The van der Waals surface area contributed by atoms with Gasteiger partial charge in [-0.1, -0.05) is 12.1 Å². The Kier molecular flexibility index (Phi) is 3.63. The molecule has 0 aliphatic carbocycles. The molecule has 2 atom stereocenters. The third kappa shape index (κ3) is 2.40. The molecule has 5 nitrogen and oxygen atoms in total. The van der Waals surface area contributed by atoms with E-state index in [-0.39, 0.29) is 5.92 Å². The van der Waals surface area contributed by atoms with Gasteiger partial charge in [0, 0.05) is 25.6 Å². The Labute approximate surface area is 124 Å². The van der Waals surface area contributed by atoms with Crippen molar-refractivity contribution < 1.29 is 19.4 Å². The zero-order valence-corrected chi connectivity index (χ0v) is 12.5. The number of carbonyl (C=O) groups is 1. The molecule has 0 spiro atoms. The molecular formula is C16H21NO4. The quantitative estimate of drug-likeness (QED) is 0.912. The lowest BCUT2D eigenvalue weighted by Gasteiger charge is -2.22. The molecular weight excluding hydrogens is 270 g/mol. The van der Waals surface area contributed by atoms with E-state index in [1.54, 1.807) is 7.11 Å². The fraction of sp³-hybridized carbons (Fsp3) is 0.562. The summed E-state index contributed by atoms with van der Waals surface area (Å²) in [5.41, 5.74) is 1.59. The second-order valence-corrected chi connectivity index (χ2v) is 6.15. The number of fused-ring (bicyclic) bond motifs is 1. The first-order valence-corrected chi connectivity index (χ1v) is 7.22. The van der Waals surface area contributed by atoms with E-state index in [9.17, 15) is 9.90 Å². The summed E-state index contributed by atoms with van der Waals surface area (Å²) < 4.78 is 10.7. The number of aryl methyl sites for hydroxylation is 1. The maximum Gasteiger partial charge on any atom is 0.313 e. The Hall–Kier alpha value is -1.59. The zero-order valence-electron chi connectivity index (χ0n) is 12.5. The average Bonchev–Trinajstić information content (AvgIpc) is 2.96. The van der Waals surface area contributed by atoms with Crippen LogP contribution in [0.3, 0.4) is 0 Å². The lowest BCUT2D eigenvalue weighted by molar-refractivity contribution is -0.149. The Morgan fingerprint density at radius 3 is 3.00 bits per heavy atom. The van der Waals surface area contributed by atoms with Gasteiger partial charge in [-0.25, -0.2) is 0 Å². The third-order valence-electron chi connectivity index (χ3n) is 4.74. The van der Waals surface area contributed by atoms with E-state index in [2.05, 4.69) is 11.0 Å². The molecule has 2 heterocycles. The van der Waals surface area contributed by atoms with E-state index >= 15 is 0 Å². The number of carboxylic acids is 1. The summed E-state index contributed by atoms with van der Waals surface area (Å²) in [5.74, 6) is 0.264. The second-order valence-electron chi connectivity index (χ2n) is 6.15. The predicted molar refractivity (Wildman–Crippen MR) is 77.4 cm³/mol. The number of rotatable bonds is 4. The van der Waals surface area contributed by atoms with Crippen LogP contribution in [-0.2, 0) is 16.1 Å². The minimum atomic E-state index is -0.724. The number of hydrogen-bond donors (Lipinski definition) is 1. The number of methoxy groups -OCH3 is 1. The van der Waals surface area contributed by atoms with Gasteiger partial charge < -0.3 is 14.6 Å². The maximum absolute atomic E-state index is 11.6. The van der Waals surface area contributed by atoms with Gasteiger partial charge >= 0.3 is 5.97 Å². The highest BCUT2D eigenvalue weighted by atomic mass is 16.5. The van der Waals surface area contributed by atoms with Crippen molar-refractivity contribution in [3.05, 3.63) is 29.3 Å². The van der Waals surface area contributed by atoms with Crippen molar-refractivity contribution in [3.8, 4) is 5.75 Å². The molecule has 1 N–H and O–H groups in total. The normalized spacial score (nSPS) is 28.6. The van der Waals surface area contributed by atoms with Gasteiger partial charge in [0.1, 0.15) is 11.2 Å². The number of benzene rings is 1. The molecule has 114 valence electrons. The molecule has 0 bridgehead atoms. The van der Waals surface area contributed by atoms with Gasteiger partial charge in [0.05, 0.1) is 20.3 Å². The molecule has 2 aliphatic heterocycles. The lowest BCUT2D eigenvalue weighted by atomic mass is 9.81. The smallest absolute Gasteiger partial charge is 0.313 e. The van der Waals surface area contributed by atoms with Crippen LogP contribution in [0.1, 0.15) is 11.1 Å². The van der Waals surface area contributed by atoms with Gasteiger partial charge in [-0.15, -0.1) is 0 Å². The standard InChI is InChI=1S/C16H21NO4/c1-11-5-12(3-4-14(11)20-2)6-17-7-13-8-21-10-16(13,9-17)15(18)19/h3-5,13H,6-10H2,1-2H3,(H,18,19)/t13-,16-/m1/s1. The number of carboxylic acid groups (broad SMARTS) is 1. The monoisotopic (exact) mass is 291 g/mol. The molecule has 0 radical (unpaired) electrons. The highest BCUT2D eigenvalue weighted by molar-refractivity contribution is 5.76. The number of hydrogen-bond acceptors (Lipinski definition) is 4. The Balaban J connectivity index is 1.73. The molecule has 0 saturated carbocycles. The van der Waals surface area contributed by atoms with E-state index in [0.717, 1.165) is 24.4 Å². The van der Waals surface area contributed by atoms with Crippen LogP contribution in [0.2, 0.25) is 0 Å². The fourth-order valence-electron chi connectivity index (χ4n) is 3.56. The van der Waals surface area contributed by atoms with Crippen LogP contribution in [0.4, 0.5) is 0 Å². The molecule has 2 aliphatic rings. The molecule has 1 aromatic rings. The van der Waals surface area contributed by atoms with E-state index in [1.165, 1.54) is 5.56 Å². The molecule has 21 heavy (non-hydrogen) atoms. The molecule has 2 fully saturated rings. The largest absolute Gasteiger partial charge is 0.496 e. The van der Waals surface area contributed by atoms with Crippen LogP contribution in [-0.4, -0.2) is 49.4 Å². The van der Waals surface area contributed by atoms with Crippen molar-refractivity contribution in [2.24, 2.45) is 11.3 Å². The van der Waals surface area contributed by atoms with Crippen LogP contribution in [0.15, 0.2) is 18.2 Å². The van der Waals surface area contributed by atoms with Crippen molar-refractivity contribution in [3.63, 3.8) is 0 Å². The van der Waals surface area contributed by atoms with Crippen molar-refractivity contribution in [1.29, 1.82) is 0 Å². The van der Waals surface area contributed by atoms with Crippen molar-refractivity contribution >= 4 is 5.97 Å². The molecule has 1 aromatic carbocycles. The molecule has 5 heteroatoms. The number of aliphatic carboxylic acids is 1.